The summed E-state index contributed by atoms with van der Waals surface area (Å²) in [4.78, 5) is 14.7. The van der Waals surface area contributed by atoms with Gasteiger partial charge in [0.1, 0.15) is 23.2 Å². The van der Waals surface area contributed by atoms with E-state index in [0.717, 1.165) is 0 Å². The van der Waals surface area contributed by atoms with Crippen molar-refractivity contribution in [1.82, 2.24) is 9.55 Å². The summed E-state index contributed by atoms with van der Waals surface area (Å²) in [5, 5.41) is 17.6. The van der Waals surface area contributed by atoms with Crippen molar-refractivity contribution >= 4 is 5.97 Å². The largest absolute Gasteiger partial charge is 0.478 e. The number of rotatable bonds is 3. The summed E-state index contributed by atoms with van der Waals surface area (Å²) >= 11 is 0. The third kappa shape index (κ3) is 2.03. The number of hydrogen-bond donors (Lipinski definition) is 1. The van der Waals surface area contributed by atoms with Gasteiger partial charge in [0.2, 0.25) is 5.82 Å². The Balaban J connectivity index is 2.29. The minimum absolute atomic E-state index is 0.138. The summed E-state index contributed by atoms with van der Waals surface area (Å²) in [6.07, 6.45) is 3.14. The maximum absolute atomic E-state index is 10.8. The number of aromatic nitrogens is 2. The first-order valence-electron chi connectivity index (χ1n) is 4.85. The molecular formula is C11H9N3O3. The van der Waals surface area contributed by atoms with Crippen molar-refractivity contribution < 1.29 is 14.3 Å². The van der Waals surface area contributed by atoms with E-state index in [1.807, 2.05) is 6.07 Å². The topological polar surface area (TPSA) is 92.0 Å². The maximum atomic E-state index is 10.8. The van der Waals surface area contributed by atoms with Crippen molar-refractivity contribution in [2.45, 2.75) is 13.5 Å². The Labute approximate surface area is 96.7 Å². The lowest BCUT2D eigenvalue weighted by molar-refractivity contribution is 0.0695. The normalized spacial score (nSPS) is 10.1. The number of nitriles is 1. The van der Waals surface area contributed by atoms with E-state index in [4.69, 9.17) is 14.8 Å². The molecule has 0 saturated carbocycles. The average Bonchev–Trinajstić information content (AvgIpc) is 2.85. The third-order valence-corrected chi connectivity index (χ3v) is 2.34. The zero-order valence-corrected chi connectivity index (χ0v) is 9.04. The van der Waals surface area contributed by atoms with Gasteiger partial charge in [0, 0.05) is 12.4 Å². The summed E-state index contributed by atoms with van der Waals surface area (Å²) < 4.78 is 6.90. The molecule has 0 atom stereocenters. The first-order valence-corrected chi connectivity index (χ1v) is 4.85. The molecule has 0 aliphatic carbocycles. The molecule has 0 spiro atoms. The first kappa shape index (κ1) is 11.0. The number of aromatic carboxylic acids is 1. The molecule has 0 bridgehead atoms. The van der Waals surface area contributed by atoms with E-state index in [9.17, 15) is 4.79 Å². The number of carboxylic acids is 1. The van der Waals surface area contributed by atoms with Crippen molar-refractivity contribution in [3.63, 3.8) is 0 Å². The highest BCUT2D eigenvalue weighted by atomic mass is 16.4. The van der Waals surface area contributed by atoms with Crippen LogP contribution in [0.2, 0.25) is 0 Å². The summed E-state index contributed by atoms with van der Waals surface area (Å²) in [5.74, 6) is 0.0695. The number of hydrogen-bond acceptors (Lipinski definition) is 4. The van der Waals surface area contributed by atoms with Gasteiger partial charge in [0.15, 0.2) is 0 Å². The summed E-state index contributed by atoms with van der Waals surface area (Å²) in [5.41, 5.74) is 0.138. The lowest BCUT2D eigenvalue weighted by Gasteiger charge is -1.99. The van der Waals surface area contributed by atoms with Gasteiger partial charge in [-0.1, -0.05) is 0 Å². The van der Waals surface area contributed by atoms with Crippen LogP contribution in [0.3, 0.4) is 0 Å². The highest BCUT2D eigenvalue weighted by molar-refractivity contribution is 5.88. The van der Waals surface area contributed by atoms with E-state index in [1.54, 1.807) is 17.7 Å². The van der Waals surface area contributed by atoms with Crippen LogP contribution in [0.5, 0.6) is 0 Å². The molecule has 0 aliphatic heterocycles. The smallest absolute Gasteiger partial charge is 0.339 e. The molecule has 0 fully saturated rings. The Morgan fingerprint density at radius 2 is 2.47 bits per heavy atom. The second-order valence-corrected chi connectivity index (χ2v) is 3.48. The van der Waals surface area contributed by atoms with Crippen LogP contribution in [-0.2, 0) is 6.54 Å². The predicted molar refractivity (Wildman–Crippen MR) is 56.4 cm³/mol. The van der Waals surface area contributed by atoms with Gasteiger partial charge in [-0.15, -0.1) is 0 Å². The Morgan fingerprint density at radius 3 is 3.06 bits per heavy atom. The predicted octanol–water partition coefficient (Wildman–Crippen LogP) is 1.40. The monoisotopic (exact) mass is 231 g/mol. The van der Waals surface area contributed by atoms with E-state index in [-0.39, 0.29) is 17.9 Å². The van der Waals surface area contributed by atoms with Gasteiger partial charge in [0.25, 0.3) is 0 Å². The van der Waals surface area contributed by atoms with E-state index in [2.05, 4.69) is 4.98 Å². The first-order chi connectivity index (χ1) is 8.11. The number of imidazole rings is 1. The maximum Gasteiger partial charge on any atom is 0.339 e. The molecule has 0 radical (unpaired) electrons. The molecule has 0 aromatic carbocycles. The lowest BCUT2D eigenvalue weighted by atomic mass is 10.2. The summed E-state index contributed by atoms with van der Waals surface area (Å²) in [6, 6.07) is 3.39. The second kappa shape index (κ2) is 4.14. The fourth-order valence-electron chi connectivity index (χ4n) is 1.55. The molecule has 0 saturated heterocycles. The minimum Gasteiger partial charge on any atom is -0.478 e. The van der Waals surface area contributed by atoms with Crippen molar-refractivity contribution in [3.8, 4) is 6.07 Å². The molecule has 6 heteroatoms. The van der Waals surface area contributed by atoms with Crippen molar-refractivity contribution in [2.75, 3.05) is 0 Å². The second-order valence-electron chi connectivity index (χ2n) is 3.48. The molecule has 0 amide bonds. The quantitative estimate of drug-likeness (QED) is 0.861. The van der Waals surface area contributed by atoms with Gasteiger partial charge in [-0.05, 0) is 13.0 Å². The number of aryl methyl sites for hydroxylation is 1. The molecule has 2 aromatic heterocycles. The highest BCUT2D eigenvalue weighted by Gasteiger charge is 2.14. The van der Waals surface area contributed by atoms with Crippen LogP contribution < -0.4 is 0 Å². The van der Waals surface area contributed by atoms with E-state index < -0.39 is 5.97 Å². The van der Waals surface area contributed by atoms with Crippen LogP contribution >= 0.6 is 0 Å². The van der Waals surface area contributed by atoms with E-state index in [1.165, 1.54) is 12.3 Å². The molecule has 2 heterocycles. The Morgan fingerprint density at radius 1 is 1.71 bits per heavy atom. The highest BCUT2D eigenvalue weighted by Crippen LogP contribution is 2.16. The molecule has 17 heavy (non-hydrogen) atoms. The van der Waals surface area contributed by atoms with Gasteiger partial charge in [-0.2, -0.15) is 5.26 Å². The SMILES string of the molecule is Cc1oc(Cn2ccnc2C#N)cc1C(=O)O. The molecule has 2 rings (SSSR count). The van der Waals surface area contributed by atoms with Crippen molar-refractivity contribution in [2.24, 2.45) is 0 Å². The molecular weight excluding hydrogens is 222 g/mol. The number of carbonyl (C=O) groups is 1. The zero-order chi connectivity index (χ0) is 12.4. The fourth-order valence-corrected chi connectivity index (χ4v) is 1.55. The van der Waals surface area contributed by atoms with Gasteiger partial charge in [0.05, 0.1) is 6.54 Å². The summed E-state index contributed by atoms with van der Waals surface area (Å²) in [7, 11) is 0. The molecule has 86 valence electrons. The van der Waals surface area contributed by atoms with Crippen LogP contribution in [0.25, 0.3) is 0 Å². The van der Waals surface area contributed by atoms with Crippen molar-refractivity contribution in [3.05, 3.63) is 41.4 Å². The molecule has 0 aliphatic rings. The average molecular weight is 231 g/mol. The van der Waals surface area contributed by atoms with Crippen LogP contribution in [-0.4, -0.2) is 20.6 Å². The molecule has 6 nitrogen and oxygen atoms in total. The molecule has 2 aromatic rings. The standard InChI is InChI=1S/C11H9N3O3/c1-7-9(11(15)16)4-8(17-7)6-14-3-2-13-10(14)5-12/h2-4H,6H2,1H3,(H,15,16). The fraction of sp³-hybridized carbons (Fsp3) is 0.182. The van der Waals surface area contributed by atoms with Gasteiger partial charge < -0.3 is 14.1 Å². The summed E-state index contributed by atoms with van der Waals surface area (Å²) in [6.45, 7) is 1.88. The number of furan rings is 1. The Kier molecular flexibility index (Phi) is 2.66. The van der Waals surface area contributed by atoms with Crippen LogP contribution in [0.1, 0.15) is 27.7 Å². The third-order valence-electron chi connectivity index (χ3n) is 2.34. The Hall–Kier alpha value is -2.55. The van der Waals surface area contributed by atoms with Crippen LogP contribution in [0.4, 0.5) is 0 Å². The van der Waals surface area contributed by atoms with Crippen molar-refractivity contribution in [1.29, 1.82) is 5.26 Å². The van der Waals surface area contributed by atoms with Crippen LogP contribution in [0, 0.1) is 18.3 Å². The van der Waals surface area contributed by atoms with E-state index >= 15 is 0 Å². The number of nitrogens with zero attached hydrogens (tertiary/aromatic N) is 3. The van der Waals surface area contributed by atoms with E-state index in [0.29, 0.717) is 11.5 Å². The lowest BCUT2D eigenvalue weighted by Crippen LogP contribution is -2.00. The number of carboxylic acid groups (broad SMARTS) is 1. The van der Waals surface area contributed by atoms with Crippen LogP contribution in [0.15, 0.2) is 22.9 Å². The minimum atomic E-state index is -1.02. The van der Waals surface area contributed by atoms with Gasteiger partial charge in [-0.25, -0.2) is 9.78 Å². The van der Waals surface area contributed by atoms with Gasteiger partial charge in [-0.3, -0.25) is 0 Å². The Bertz CT molecular complexity index is 604. The zero-order valence-electron chi connectivity index (χ0n) is 9.04. The molecule has 0 unspecified atom stereocenters. The molecule has 1 N–H and O–H groups in total. The van der Waals surface area contributed by atoms with Gasteiger partial charge >= 0.3 is 5.97 Å².